The monoisotopic (exact) mass is 273 g/mol. The molecule has 20 heavy (non-hydrogen) atoms. The standard InChI is InChI=1S/C15H12FNO3/c16-13-11(7-4-8-12(13)15(19)20)9-17-14(18)10-5-2-1-3-6-10/h1-8H,9H2,(H,17,18)(H,19,20). The number of carboxylic acid groups (broad SMARTS) is 1. The molecule has 2 N–H and O–H groups in total. The van der Waals surface area contributed by atoms with E-state index in [0.717, 1.165) is 0 Å². The van der Waals surface area contributed by atoms with Gasteiger partial charge in [0.25, 0.3) is 5.91 Å². The average molecular weight is 273 g/mol. The van der Waals surface area contributed by atoms with Crippen LogP contribution in [-0.4, -0.2) is 17.0 Å². The minimum absolute atomic E-state index is 0.0688. The summed E-state index contributed by atoms with van der Waals surface area (Å²) in [6.45, 7) is -0.0688. The molecule has 0 radical (unpaired) electrons. The van der Waals surface area contributed by atoms with Crippen molar-refractivity contribution in [1.82, 2.24) is 5.32 Å². The Morgan fingerprint density at radius 3 is 2.40 bits per heavy atom. The lowest BCUT2D eigenvalue weighted by Crippen LogP contribution is -2.23. The van der Waals surface area contributed by atoms with Crippen molar-refractivity contribution in [2.45, 2.75) is 6.54 Å². The Kier molecular flexibility index (Phi) is 4.10. The number of carbonyl (C=O) groups is 2. The second-order valence-corrected chi connectivity index (χ2v) is 4.13. The molecule has 0 spiro atoms. The van der Waals surface area contributed by atoms with Crippen molar-refractivity contribution in [3.63, 3.8) is 0 Å². The lowest BCUT2D eigenvalue weighted by Gasteiger charge is -2.07. The van der Waals surface area contributed by atoms with E-state index in [-0.39, 0.29) is 18.0 Å². The normalized spacial score (nSPS) is 10.1. The molecule has 0 unspecified atom stereocenters. The third-order valence-electron chi connectivity index (χ3n) is 2.78. The molecule has 2 rings (SSSR count). The van der Waals surface area contributed by atoms with Gasteiger partial charge in [0.2, 0.25) is 0 Å². The summed E-state index contributed by atoms with van der Waals surface area (Å²) >= 11 is 0. The Balaban J connectivity index is 2.10. The molecule has 0 aliphatic rings. The van der Waals surface area contributed by atoms with Crippen LogP contribution in [0, 0.1) is 5.82 Å². The maximum atomic E-state index is 13.8. The van der Waals surface area contributed by atoms with Gasteiger partial charge in [-0.15, -0.1) is 0 Å². The van der Waals surface area contributed by atoms with E-state index in [0.29, 0.717) is 5.56 Å². The fourth-order valence-electron chi connectivity index (χ4n) is 1.75. The zero-order chi connectivity index (χ0) is 14.5. The van der Waals surface area contributed by atoms with Crippen LogP contribution in [0.15, 0.2) is 48.5 Å². The molecule has 0 atom stereocenters. The first-order valence-corrected chi connectivity index (χ1v) is 5.93. The van der Waals surface area contributed by atoms with Crippen molar-refractivity contribution in [2.75, 3.05) is 0 Å². The highest BCUT2D eigenvalue weighted by atomic mass is 19.1. The molecule has 5 heteroatoms. The number of aromatic carboxylic acids is 1. The Hall–Kier alpha value is -2.69. The van der Waals surface area contributed by atoms with Crippen LogP contribution in [0.4, 0.5) is 4.39 Å². The molecule has 0 fully saturated rings. The third kappa shape index (κ3) is 3.00. The third-order valence-corrected chi connectivity index (χ3v) is 2.78. The summed E-state index contributed by atoms with van der Waals surface area (Å²) in [6, 6.07) is 12.6. The molecule has 0 aromatic heterocycles. The minimum Gasteiger partial charge on any atom is -0.478 e. The second kappa shape index (κ2) is 5.97. The van der Waals surface area contributed by atoms with Gasteiger partial charge < -0.3 is 10.4 Å². The van der Waals surface area contributed by atoms with Crippen molar-refractivity contribution in [2.24, 2.45) is 0 Å². The smallest absolute Gasteiger partial charge is 0.338 e. The number of amides is 1. The second-order valence-electron chi connectivity index (χ2n) is 4.13. The first-order chi connectivity index (χ1) is 9.59. The lowest BCUT2D eigenvalue weighted by molar-refractivity contribution is 0.0691. The summed E-state index contributed by atoms with van der Waals surface area (Å²) in [7, 11) is 0. The molecule has 0 saturated heterocycles. The fourth-order valence-corrected chi connectivity index (χ4v) is 1.75. The van der Waals surface area contributed by atoms with Gasteiger partial charge in [-0.25, -0.2) is 9.18 Å². The van der Waals surface area contributed by atoms with E-state index in [1.165, 1.54) is 18.2 Å². The largest absolute Gasteiger partial charge is 0.478 e. The van der Waals surface area contributed by atoms with E-state index >= 15 is 0 Å². The highest BCUT2D eigenvalue weighted by molar-refractivity contribution is 5.94. The molecule has 0 aliphatic carbocycles. The van der Waals surface area contributed by atoms with Crippen LogP contribution in [0.5, 0.6) is 0 Å². The SMILES string of the molecule is O=C(NCc1cccc(C(=O)O)c1F)c1ccccc1. The van der Waals surface area contributed by atoms with Gasteiger partial charge in [-0.3, -0.25) is 4.79 Å². The van der Waals surface area contributed by atoms with Gasteiger partial charge in [-0.2, -0.15) is 0 Å². The van der Waals surface area contributed by atoms with E-state index < -0.39 is 17.3 Å². The molecule has 0 aliphatic heterocycles. The summed E-state index contributed by atoms with van der Waals surface area (Å²) in [4.78, 5) is 22.6. The van der Waals surface area contributed by atoms with Gasteiger partial charge in [0, 0.05) is 17.7 Å². The summed E-state index contributed by atoms with van der Waals surface area (Å²) in [5, 5.41) is 11.4. The summed E-state index contributed by atoms with van der Waals surface area (Å²) < 4.78 is 13.8. The molecule has 1 amide bonds. The minimum atomic E-state index is -1.33. The van der Waals surface area contributed by atoms with E-state index in [2.05, 4.69) is 5.32 Å². The molecular weight excluding hydrogens is 261 g/mol. The van der Waals surface area contributed by atoms with E-state index in [4.69, 9.17) is 5.11 Å². The van der Waals surface area contributed by atoms with Crippen molar-refractivity contribution in [3.05, 3.63) is 71.0 Å². The Bertz CT molecular complexity index is 641. The Morgan fingerprint density at radius 2 is 1.75 bits per heavy atom. The first kappa shape index (κ1) is 13.7. The summed E-state index contributed by atoms with van der Waals surface area (Å²) in [5.74, 6) is -2.50. The van der Waals surface area contributed by atoms with E-state index in [1.807, 2.05) is 0 Å². The molecule has 0 saturated carbocycles. The first-order valence-electron chi connectivity index (χ1n) is 5.93. The van der Waals surface area contributed by atoms with Crippen LogP contribution in [0.1, 0.15) is 26.3 Å². The van der Waals surface area contributed by atoms with E-state index in [9.17, 15) is 14.0 Å². The maximum absolute atomic E-state index is 13.8. The molecular formula is C15H12FNO3. The predicted molar refractivity (Wildman–Crippen MR) is 71.0 cm³/mol. The van der Waals surface area contributed by atoms with Crippen LogP contribution in [0.25, 0.3) is 0 Å². The van der Waals surface area contributed by atoms with Gasteiger partial charge in [0.1, 0.15) is 5.82 Å². The molecule has 102 valence electrons. The highest BCUT2D eigenvalue weighted by Gasteiger charge is 2.14. The van der Waals surface area contributed by atoms with Crippen LogP contribution in [-0.2, 0) is 6.54 Å². The topological polar surface area (TPSA) is 66.4 Å². The van der Waals surface area contributed by atoms with Crippen LogP contribution < -0.4 is 5.32 Å². The number of carbonyl (C=O) groups excluding carboxylic acids is 1. The van der Waals surface area contributed by atoms with E-state index in [1.54, 1.807) is 30.3 Å². The van der Waals surface area contributed by atoms with Gasteiger partial charge in [-0.05, 0) is 18.2 Å². The zero-order valence-electron chi connectivity index (χ0n) is 10.5. The van der Waals surface area contributed by atoms with Gasteiger partial charge in [-0.1, -0.05) is 30.3 Å². The maximum Gasteiger partial charge on any atom is 0.338 e. The number of halogens is 1. The summed E-state index contributed by atoms with van der Waals surface area (Å²) in [6.07, 6.45) is 0. The average Bonchev–Trinajstić information content (AvgIpc) is 2.46. The van der Waals surface area contributed by atoms with Gasteiger partial charge in [0.05, 0.1) is 5.56 Å². The van der Waals surface area contributed by atoms with Crippen LogP contribution in [0.3, 0.4) is 0 Å². The quantitative estimate of drug-likeness (QED) is 0.899. The van der Waals surface area contributed by atoms with Crippen molar-refractivity contribution >= 4 is 11.9 Å². The zero-order valence-corrected chi connectivity index (χ0v) is 10.5. The fraction of sp³-hybridized carbons (Fsp3) is 0.0667. The number of benzene rings is 2. The lowest BCUT2D eigenvalue weighted by atomic mass is 10.1. The number of hydrogen-bond donors (Lipinski definition) is 2. The number of hydrogen-bond acceptors (Lipinski definition) is 2. The Morgan fingerprint density at radius 1 is 1.05 bits per heavy atom. The number of nitrogens with one attached hydrogen (secondary N) is 1. The molecule has 2 aromatic rings. The molecule has 0 heterocycles. The van der Waals surface area contributed by atoms with Crippen LogP contribution >= 0.6 is 0 Å². The predicted octanol–water partition coefficient (Wildman–Crippen LogP) is 2.45. The molecule has 0 bridgehead atoms. The number of carboxylic acids is 1. The van der Waals surface area contributed by atoms with Crippen LogP contribution in [0.2, 0.25) is 0 Å². The Labute approximate surface area is 114 Å². The molecule has 2 aromatic carbocycles. The van der Waals surface area contributed by atoms with Gasteiger partial charge in [0.15, 0.2) is 0 Å². The summed E-state index contributed by atoms with van der Waals surface area (Å²) in [5.41, 5.74) is 0.188. The van der Waals surface area contributed by atoms with Crippen molar-refractivity contribution < 1.29 is 19.1 Å². The molecule has 4 nitrogen and oxygen atoms in total. The van der Waals surface area contributed by atoms with Gasteiger partial charge >= 0.3 is 5.97 Å². The number of rotatable bonds is 4. The van der Waals surface area contributed by atoms with Crippen molar-refractivity contribution in [3.8, 4) is 0 Å². The van der Waals surface area contributed by atoms with Crippen molar-refractivity contribution in [1.29, 1.82) is 0 Å². The highest BCUT2D eigenvalue weighted by Crippen LogP contribution is 2.13.